The number of benzene rings is 1. The first-order chi connectivity index (χ1) is 12.3. The Hall–Kier alpha value is -2.96. The van der Waals surface area contributed by atoms with Gasteiger partial charge in [0.05, 0.1) is 30.3 Å². The van der Waals surface area contributed by atoms with E-state index in [2.05, 4.69) is 5.32 Å². The van der Waals surface area contributed by atoms with Gasteiger partial charge in [0.25, 0.3) is 0 Å². The van der Waals surface area contributed by atoms with Crippen molar-refractivity contribution in [1.29, 1.82) is 0 Å². The zero-order chi connectivity index (χ0) is 19.4. The molecular weight excluding hydrogens is 338 g/mol. The maximum atomic E-state index is 12.6. The number of dihydropyridines is 1. The van der Waals surface area contributed by atoms with E-state index in [1.165, 1.54) is 12.1 Å². The molecule has 3 N–H and O–H groups in total. The van der Waals surface area contributed by atoms with Crippen molar-refractivity contribution in [3.05, 3.63) is 46.3 Å². The van der Waals surface area contributed by atoms with Gasteiger partial charge in [-0.15, -0.1) is 0 Å². The van der Waals surface area contributed by atoms with Crippen LogP contribution in [0.4, 0.5) is 0 Å². The third kappa shape index (κ3) is 3.66. The lowest BCUT2D eigenvalue weighted by Gasteiger charge is -2.30. The summed E-state index contributed by atoms with van der Waals surface area (Å²) in [5.74, 6) is -2.56. The van der Waals surface area contributed by atoms with E-state index >= 15 is 0 Å². The van der Waals surface area contributed by atoms with Gasteiger partial charge in [-0.25, -0.2) is 9.59 Å². The van der Waals surface area contributed by atoms with Crippen LogP contribution < -0.4 is 5.32 Å². The van der Waals surface area contributed by atoms with Crippen molar-refractivity contribution in [2.75, 3.05) is 13.2 Å². The molecule has 0 saturated heterocycles. The first-order valence-electron chi connectivity index (χ1n) is 8.36. The quantitative estimate of drug-likeness (QED) is 0.546. The molecule has 7 nitrogen and oxygen atoms in total. The zero-order valence-corrected chi connectivity index (χ0v) is 15.3. The van der Waals surface area contributed by atoms with E-state index < -0.39 is 17.9 Å². The van der Waals surface area contributed by atoms with Crippen LogP contribution in [-0.2, 0) is 19.1 Å². The van der Waals surface area contributed by atoms with E-state index in [0.717, 1.165) is 0 Å². The highest BCUT2D eigenvalue weighted by Crippen LogP contribution is 2.41. The molecule has 2 rings (SSSR count). The second-order valence-electron chi connectivity index (χ2n) is 5.82. The van der Waals surface area contributed by atoms with Crippen LogP contribution in [0.15, 0.2) is 40.7 Å². The average Bonchev–Trinajstić information content (AvgIpc) is 2.57. The van der Waals surface area contributed by atoms with Gasteiger partial charge in [-0.1, -0.05) is 6.07 Å². The highest BCUT2D eigenvalue weighted by molar-refractivity contribution is 5.99. The summed E-state index contributed by atoms with van der Waals surface area (Å²) in [6, 6.07) is 4.18. The number of rotatable bonds is 5. The molecule has 0 aromatic heterocycles. The second-order valence-corrected chi connectivity index (χ2v) is 5.82. The highest BCUT2D eigenvalue weighted by atomic mass is 16.5. The number of nitrogens with one attached hydrogen (secondary N) is 1. The molecule has 0 atom stereocenters. The largest absolute Gasteiger partial charge is 0.504 e. The van der Waals surface area contributed by atoms with E-state index in [4.69, 9.17) is 9.47 Å². The summed E-state index contributed by atoms with van der Waals surface area (Å²) in [5, 5.41) is 22.5. The average molecular weight is 361 g/mol. The van der Waals surface area contributed by atoms with Gasteiger partial charge in [-0.3, -0.25) is 0 Å². The number of esters is 2. The van der Waals surface area contributed by atoms with Gasteiger partial charge in [-0.2, -0.15) is 0 Å². The Morgan fingerprint density at radius 2 is 1.46 bits per heavy atom. The lowest BCUT2D eigenvalue weighted by molar-refractivity contribution is -0.139. The maximum Gasteiger partial charge on any atom is 0.336 e. The van der Waals surface area contributed by atoms with E-state index in [1.54, 1.807) is 33.8 Å². The van der Waals surface area contributed by atoms with Gasteiger partial charge >= 0.3 is 11.9 Å². The summed E-state index contributed by atoms with van der Waals surface area (Å²) >= 11 is 0. The Kier molecular flexibility index (Phi) is 5.92. The number of hydrogen-bond acceptors (Lipinski definition) is 7. The number of carbonyl (C=O) groups is 2. The first kappa shape index (κ1) is 19.4. The molecule has 0 aliphatic carbocycles. The Morgan fingerprint density at radius 3 is 1.88 bits per heavy atom. The molecule has 0 amide bonds. The van der Waals surface area contributed by atoms with Crippen LogP contribution in [0, 0.1) is 0 Å². The SMILES string of the molecule is CCOC(=O)C1=C(C)NC(C)=C(C(=O)OCC)C1c1ccc(O)c(O)c1. The third-order valence-electron chi connectivity index (χ3n) is 4.08. The number of phenolic OH excluding ortho intramolecular Hbond substituents is 2. The summed E-state index contributed by atoms with van der Waals surface area (Å²) in [4.78, 5) is 25.1. The predicted octanol–water partition coefficient (Wildman–Crippen LogP) is 2.46. The van der Waals surface area contributed by atoms with Crippen LogP contribution in [0.5, 0.6) is 11.5 Å². The Morgan fingerprint density at radius 1 is 0.962 bits per heavy atom. The van der Waals surface area contributed by atoms with Crippen molar-refractivity contribution in [2.45, 2.75) is 33.6 Å². The molecule has 1 aliphatic heterocycles. The minimum Gasteiger partial charge on any atom is -0.504 e. The van der Waals surface area contributed by atoms with Crippen LogP contribution in [0.1, 0.15) is 39.2 Å². The van der Waals surface area contributed by atoms with Crippen molar-refractivity contribution in [1.82, 2.24) is 5.32 Å². The van der Waals surface area contributed by atoms with Crippen molar-refractivity contribution in [3.63, 3.8) is 0 Å². The summed E-state index contributed by atoms with van der Waals surface area (Å²) in [5.41, 5.74) is 2.07. The van der Waals surface area contributed by atoms with Crippen molar-refractivity contribution >= 4 is 11.9 Å². The van der Waals surface area contributed by atoms with Gasteiger partial charge < -0.3 is 25.0 Å². The summed E-state index contributed by atoms with van der Waals surface area (Å²) in [6.07, 6.45) is 0. The molecule has 0 unspecified atom stereocenters. The molecule has 0 radical (unpaired) electrons. The number of carbonyl (C=O) groups excluding carboxylic acids is 2. The van der Waals surface area contributed by atoms with Crippen molar-refractivity contribution in [3.8, 4) is 11.5 Å². The molecule has 0 saturated carbocycles. The summed E-state index contributed by atoms with van der Waals surface area (Å²) in [7, 11) is 0. The van der Waals surface area contributed by atoms with Gasteiger partial charge in [-0.05, 0) is 45.4 Å². The molecule has 0 bridgehead atoms. The predicted molar refractivity (Wildman–Crippen MR) is 94.3 cm³/mol. The molecule has 1 heterocycles. The van der Waals surface area contributed by atoms with Gasteiger partial charge in [0, 0.05) is 11.4 Å². The third-order valence-corrected chi connectivity index (χ3v) is 4.08. The van der Waals surface area contributed by atoms with Gasteiger partial charge in [0.2, 0.25) is 0 Å². The standard InChI is InChI=1S/C19H23NO6/c1-5-25-18(23)15-10(3)20-11(4)16(19(24)26-6-2)17(15)12-7-8-13(21)14(22)9-12/h7-9,17,20-22H,5-6H2,1-4H3. The number of allylic oxidation sites excluding steroid dienone is 2. The Balaban J connectivity index is 2.66. The van der Waals surface area contributed by atoms with E-state index in [9.17, 15) is 19.8 Å². The number of aromatic hydroxyl groups is 2. The molecular formula is C19H23NO6. The Labute approximate surface area is 151 Å². The van der Waals surface area contributed by atoms with Crippen LogP contribution in [-0.4, -0.2) is 35.4 Å². The lowest BCUT2D eigenvalue weighted by Crippen LogP contribution is -2.32. The smallest absolute Gasteiger partial charge is 0.336 e. The molecule has 0 fully saturated rings. The monoisotopic (exact) mass is 361 g/mol. The molecule has 1 aromatic carbocycles. The van der Waals surface area contributed by atoms with Crippen LogP contribution in [0.3, 0.4) is 0 Å². The summed E-state index contributed by atoms with van der Waals surface area (Å²) < 4.78 is 10.3. The topological polar surface area (TPSA) is 105 Å². The minimum absolute atomic E-state index is 0.181. The fourth-order valence-electron chi connectivity index (χ4n) is 3.01. The normalized spacial score (nSPS) is 14.9. The fraction of sp³-hybridized carbons (Fsp3) is 0.368. The minimum atomic E-state index is -0.791. The maximum absolute atomic E-state index is 12.6. The molecule has 26 heavy (non-hydrogen) atoms. The number of phenols is 2. The van der Waals surface area contributed by atoms with E-state index in [-0.39, 0.29) is 35.9 Å². The number of ether oxygens (including phenoxy) is 2. The molecule has 1 aliphatic rings. The van der Waals surface area contributed by atoms with Crippen LogP contribution in [0.2, 0.25) is 0 Å². The summed E-state index contributed by atoms with van der Waals surface area (Å²) in [6.45, 7) is 7.18. The highest BCUT2D eigenvalue weighted by Gasteiger charge is 2.38. The van der Waals surface area contributed by atoms with Gasteiger partial charge in [0.1, 0.15) is 0 Å². The van der Waals surface area contributed by atoms with E-state index in [0.29, 0.717) is 17.0 Å². The molecule has 7 heteroatoms. The number of hydrogen-bond donors (Lipinski definition) is 3. The molecule has 140 valence electrons. The Bertz CT molecular complexity index is 753. The fourth-order valence-corrected chi connectivity index (χ4v) is 3.01. The second kappa shape index (κ2) is 7.95. The van der Waals surface area contributed by atoms with Crippen LogP contribution >= 0.6 is 0 Å². The van der Waals surface area contributed by atoms with Gasteiger partial charge in [0.15, 0.2) is 11.5 Å². The van der Waals surface area contributed by atoms with Crippen molar-refractivity contribution < 1.29 is 29.3 Å². The molecule has 0 spiro atoms. The first-order valence-corrected chi connectivity index (χ1v) is 8.36. The van der Waals surface area contributed by atoms with Crippen molar-refractivity contribution in [2.24, 2.45) is 0 Å². The zero-order valence-electron chi connectivity index (χ0n) is 15.3. The molecule has 1 aromatic rings. The van der Waals surface area contributed by atoms with Crippen LogP contribution in [0.25, 0.3) is 0 Å². The van der Waals surface area contributed by atoms with E-state index in [1.807, 2.05) is 0 Å². The lowest BCUT2D eigenvalue weighted by atomic mass is 9.80.